The summed E-state index contributed by atoms with van der Waals surface area (Å²) >= 11 is 6.90. The summed E-state index contributed by atoms with van der Waals surface area (Å²) in [6, 6.07) is 16.6. The normalized spacial score (nSPS) is 14.5. The molecule has 1 aliphatic rings. The molecule has 5 rings (SSSR count). The lowest BCUT2D eigenvalue weighted by atomic mass is 9.95. The van der Waals surface area contributed by atoms with E-state index < -0.39 is 0 Å². The van der Waals surface area contributed by atoms with Gasteiger partial charge >= 0.3 is 5.69 Å². The van der Waals surface area contributed by atoms with Crippen molar-refractivity contribution in [3.05, 3.63) is 75.4 Å². The van der Waals surface area contributed by atoms with E-state index >= 15 is 0 Å². The highest BCUT2D eigenvalue weighted by molar-refractivity contribution is 6.30. The van der Waals surface area contributed by atoms with E-state index in [-0.39, 0.29) is 11.7 Å². The summed E-state index contributed by atoms with van der Waals surface area (Å²) in [5.41, 5.74) is 4.97. The Morgan fingerprint density at radius 1 is 1.06 bits per heavy atom. The lowest BCUT2D eigenvalue weighted by Gasteiger charge is -2.22. The van der Waals surface area contributed by atoms with E-state index in [0.29, 0.717) is 17.5 Å². The maximum Gasteiger partial charge on any atom is 0.330 e. The molecule has 35 heavy (non-hydrogen) atoms. The first kappa shape index (κ1) is 23.5. The molecule has 1 fully saturated rings. The van der Waals surface area contributed by atoms with Gasteiger partial charge in [-0.2, -0.15) is 0 Å². The molecule has 8 heteroatoms. The number of nitrogens with zero attached hydrogens (tertiary/aromatic N) is 5. The number of rotatable bonds is 8. The third-order valence-electron chi connectivity index (χ3n) is 7.03. The molecule has 2 heterocycles. The highest BCUT2D eigenvalue weighted by Crippen LogP contribution is 2.33. The fraction of sp³-hybridized carbons (Fsp3) is 0.407. The SMILES string of the molecule is CCCCc1c(Cl)n(C2CCCCC2)c(=O)n1Cc1ccc(-c2ccccc2)c(-c2nnn[nH]2)c1. The Bertz CT molecular complexity index is 1320. The minimum absolute atomic E-state index is 0.00280. The Balaban J connectivity index is 1.56. The van der Waals surface area contributed by atoms with Gasteiger partial charge in [0.05, 0.1) is 12.2 Å². The van der Waals surface area contributed by atoms with Crippen LogP contribution in [0.3, 0.4) is 0 Å². The fourth-order valence-corrected chi connectivity index (χ4v) is 5.60. The molecule has 1 aliphatic carbocycles. The highest BCUT2D eigenvalue weighted by atomic mass is 35.5. The van der Waals surface area contributed by atoms with Crippen LogP contribution in [0.4, 0.5) is 0 Å². The maximum absolute atomic E-state index is 13.7. The van der Waals surface area contributed by atoms with Crippen LogP contribution < -0.4 is 5.69 Å². The van der Waals surface area contributed by atoms with Crippen LogP contribution in [0.25, 0.3) is 22.5 Å². The molecule has 0 spiro atoms. The van der Waals surface area contributed by atoms with E-state index in [9.17, 15) is 4.79 Å². The number of unbranched alkanes of at least 4 members (excludes halogenated alkanes) is 1. The van der Waals surface area contributed by atoms with Crippen LogP contribution in [0, 0.1) is 0 Å². The van der Waals surface area contributed by atoms with E-state index in [4.69, 9.17) is 11.6 Å². The van der Waals surface area contributed by atoms with Gasteiger partial charge in [0.2, 0.25) is 0 Å². The average molecular weight is 491 g/mol. The molecule has 0 atom stereocenters. The van der Waals surface area contributed by atoms with Crippen LogP contribution in [0.1, 0.15) is 69.2 Å². The summed E-state index contributed by atoms with van der Waals surface area (Å²) in [4.78, 5) is 13.7. The molecule has 7 nitrogen and oxygen atoms in total. The first-order chi connectivity index (χ1) is 17.2. The van der Waals surface area contributed by atoms with E-state index in [1.54, 1.807) is 0 Å². The molecular weight excluding hydrogens is 460 g/mol. The third-order valence-corrected chi connectivity index (χ3v) is 7.43. The Labute approximate surface area is 210 Å². The zero-order valence-electron chi connectivity index (χ0n) is 20.1. The number of imidazole rings is 1. The fourth-order valence-electron chi connectivity index (χ4n) is 5.19. The van der Waals surface area contributed by atoms with E-state index in [2.05, 4.69) is 57.9 Å². The van der Waals surface area contributed by atoms with Gasteiger partial charge in [-0.25, -0.2) is 9.89 Å². The summed E-state index contributed by atoms with van der Waals surface area (Å²) in [6.45, 7) is 2.62. The van der Waals surface area contributed by atoms with Crippen LogP contribution in [0.2, 0.25) is 5.15 Å². The van der Waals surface area contributed by atoms with Gasteiger partial charge in [0.1, 0.15) is 5.15 Å². The molecule has 0 bridgehead atoms. The van der Waals surface area contributed by atoms with Gasteiger partial charge in [0, 0.05) is 11.6 Å². The average Bonchev–Trinajstić information content (AvgIpc) is 3.51. The standard InChI is InChI=1S/C27H31ClN6O/c1-2-3-14-24-25(28)34(21-12-8-5-9-13-21)27(35)33(24)18-19-15-16-22(20-10-6-4-7-11-20)23(17-19)26-29-31-32-30-26/h4,6-7,10-11,15-17,21H,2-3,5,8-9,12-14,18H2,1H3,(H,29,30,31,32). The molecule has 1 N–H and O–H groups in total. The number of tetrazole rings is 1. The van der Waals surface area contributed by atoms with E-state index in [0.717, 1.165) is 72.9 Å². The molecule has 0 unspecified atom stereocenters. The van der Waals surface area contributed by atoms with Gasteiger partial charge in [0.25, 0.3) is 0 Å². The van der Waals surface area contributed by atoms with Gasteiger partial charge in [-0.05, 0) is 58.9 Å². The quantitative estimate of drug-likeness (QED) is 0.326. The maximum atomic E-state index is 13.7. The van der Waals surface area contributed by atoms with Crippen molar-refractivity contribution in [1.82, 2.24) is 29.8 Å². The number of nitrogens with one attached hydrogen (secondary N) is 1. The number of halogens is 1. The molecule has 4 aromatic rings. The highest BCUT2D eigenvalue weighted by Gasteiger charge is 2.25. The monoisotopic (exact) mass is 490 g/mol. The van der Waals surface area contributed by atoms with Crippen molar-refractivity contribution in [2.75, 3.05) is 0 Å². The number of hydrogen-bond donors (Lipinski definition) is 1. The molecule has 1 saturated carbocycles. The van der Waals surface area contributed by atoms with Crippen LogP contribution in [0.5, 0.6) is 0 Å². The minimum atomic E-state index is 0.00280. The smallest absolute Gasteiger partial charge is 0.290 e. The first-order valence-electron chi connectivity index (χ1n) is 12.6. The van der Waals surface area contributed by atoms with Crippen LogP contribution in [0.15, 0.2) is 53.3 Å². The van der Waals surface area contributed by atoms with Gasteiger partial charge in [-0.1, -0.05) is 86.7 Å². The van der Waals surface area contributed by atoms with E-state index in [1.165, 1.54) is 6.42 Å². The lowest BCUT2D eigenvalue weighted by Crippen LogP contribution is -2.29. The summed E-state index contributed by atoms with van der Waals surface area (Å²) in [7, 11) is 0. The molecular formula is C27H31ClN6O. The zero-order chi connectivity index (χ0) is 24.2. The van der Waals surface area contributed by atoms with Crippen molar-refractivity contribution >= 4 is 11.6 Å². The van der Waals surface area contributed by atoms with Crippen molar-refractivity contribution in [1.29, 1.82) is 0 Å². The Kier molecular flexibility index (Phi) is 7.13. The molecule has 182 valence electrons. The molecule has 2 aromatic carbocycles. The summed E-state index contributed by atoms with van der Waals surface area (Å²) in [6.07, 6.45) is 8.42. The van der Waals surface area contributed by atoms with Crippen LogP contribution in [-0.4, -0.2) is 29.8 Å². The third kappa shape index (κ3) is 4.82. The Morgan fingerprint density at radius 2 is 1.86 bits per heavy atom. The van der Waals surface area contributed by atoms with Crippen molar-refractivity contribution in [2.45, 2.75) is 70.9 Å². The number of hydrogen-bond acceptors (Lipinski definition) is 4. The predicted molar refractivity (Wildman–Crippen MR) is 139 cm³/mol. The van der Waals surface area contributed by atoms with Crippen molar-refractivity contribution in [2.24, 2.45) is 0 Å². The van der Waals surface area contributed by atoms with Gasteiger partial charge < -0.3 is 0 Å². The largest absolute Gasteiger partial charge is 0.330 e. The topological polar surface area (TPSA) is 81.4 Å². The number of aromatic nitrogens is 6. The first-order valence-corrected chi connectivity index (χ1v) is 13.0. The van der Waals surface area contributed by atoms with Crippen molar-refractivity contribution < 1.29 is 0 Å². The van der Waals surface area contributed by atoms with Gasteiger partial charge in [0.15, 0.2) is 5.82 Å². The molecule has 0 aliphatic heterocycles. The minimum Gasteiger partial charge on any atom is -0.290 e. The second-order valence-corrected chi connectivity index (χ2v) is 9.73. The number of aromatic amines is 1. The lowest BCUT2D eigenvalue weighted by molar-refractivity contribution is 0.344. The predicted octanol–water partition coefficient (Wildman–Crippen LogP) is 6.05. The number of H-pyrrole nitrogens is 1. The molecule has 0 saturated heterocycles. The molecule has 0 amide bonds. The summed E-state index contributed by atoms with van der Waals surface area (Å²) < 4.78 is 3.75. The van der Waals surface area contributed by atoms with Gasteiger partial charge in [-0.15, -0.1) is 5.10 Å². The second-order valence-electron chi connectivity index (χ2n) is 9.37. The number of benzene rings is 2. The van der Waals surface area contributed by atoms with Gasteiger partial charge in [-0.3, -0.25) is 9.13 Å². The summed E-state index contributed by atoms with van der Waals surface area (Å²) in [5.74, 6) is 0.599. The second kappa shape index (κ2) is 10.6. The Hall–Kier alpha value is -3.19. The zero-order valence-corrected chi connectivity index (χ0v) is 20.8. The summed E-state index contributed by atoms with van der Waals surface area (Å²) in [5, 5.41) is 15.2. The molecule has 2 aromatic heterocycles. The van der Waals surface area contributed by atoms with Crippen molar-refractivity contribution in [3.63, 3.8) is 0 Å². The molecule has 0 radical (unpaired) electrons. The van der Waals surface area contributed by atoms with Crippen LogP contribution in [-0.2, 0) is 13.0 Å². The van der Waals surface area contributed by atoms with Crippen LogP contribution >= 0.6 is 11.6 Å². The Morgan fingerprint density at radius 3 is 2.57 bits per heavy atom. The van der Waals surface area contributed by atoms with E-state index in [1.807, 2.05) is 27.3 Å². The van der Waals surface area contributed by atoms with Crippen molar-refractivity contribution in [3.8, 4) is 22.5 Å².